The fourth-order valence-electron chi connectivity index (χ4n) is 0.813. The van der Waals surface area contributed by atoms with Gasteiger partial charge in [0.05, 0.1) is 0 Å². The Balaban J connectivity index is 0.000000227. The van der Waals surface area contributed by atoms with Crippen LogP contribution in [0.4, 0.5) is 0 Å². The van der Waals surface area contributed by atoms with E-state index in [4.69, 9.17) is 10.2 Å². The van der Waals surface area contributed by atoms with E-state index in [1.54, 1.807) is 24.3 Å². The van der Waals surface area contributed by atoms with Crippen molar-refractivity contribution in [2.24, 2.45) is 0 Å². The summed E-state index contributed by atoms with van der Waals surface area (Å²) in [6.07, 6.45) is 0. The topological polar surface area (TPSA) is 40.5 Å². The van der Waals surface area contributed by atoms with Crippen molar-refractivity contribution in [2.45, 2.75) is 0 Å². The van der Waals surface area contributed by atoms with Crippen molar-refractivity contribution < 1.29 is 10.2 Å². The summed E-state index contributed by atoms with van der Waals surface area (Å²) in [5, 5.41) is 15.6. The van der Waals surface area contributed by atoms with Crippen LogP contribution in [0, 0.1) is 0 Å². The van der Waals surface area contributed by atoms with Crippen LogP contribution in [0.2, 0.25) is 0 Å². The normalized spacial score (nSPS) is 7.60. The molecule has 2 rings (SSSR count). The van der Waals surface area contributed by atoms with Gasteiger partial charge in [0.25, 0.3) is 0 Å². The SMILES string of the molecule is CO.Oc1ccccc1.c1ccccc1. The van der Waals surface area contributed by atoms with E-state index in [2.05, 4.69) is 0 Å². The van der Waals surface area contributed by atoms with Crippen LogP contribution < -0.4 is 0 Å². The highest BCUT2D eigenvalue weighted by atomic mass is 16.3. The molecule has 0 spiro atoms. The molecule has 0 saturated carbocycles. The minimum absolute atomic E-state index is 0.322. The highest BCUT2D eigenvalue weighted by molar-refractivity contribution is 5.18. The van der Waals surface area contributed by atoms with E-state index in [9.17, 15) is 0 Å². The first kappa shape index (κ1) is 13.2. The number of phenolic OH excluding ortho intramolecular Hbond substituents is 1. The molecule has 0 atom stereocenters. The fourth-order valence-corrected chi connectivity index (χ4v) is 0.813. The number of hydrogen-bond donors (Lipinski definition) is 2. The zero-order valence-corrected chi connectivity index (χ0v) is 8.75. The molecule has 0 amide bonds. The average molecular weight is 204 g/mol. The maximum absolute atomic E-state index is 8.63. The summed E-state index contributed by atoms with van der Waals surface area (Å²) in [5.74, 6) is 0.322. The van der Waals surface area contributed by atoms with Gasteiger partial charge in [-0.3, -0.25) is 0 Å². The smallest absolute Gasteiger partial charge is 0.115 e. The number of hydrogen-bond acceptors (Lipinski definition) is 2. The van der Waals surface area contributed by atoms with Crippen LogP contribution in [0.25, 0.3) is 0 Å². The van der Waals surface area contributed by atoms with Crippen molar-refractivity contribution in [1.29, 1.82) is 0 Å². The van der Waals surface area contributed by atoms with Crippen molar-refractivity contribution in [3.63, 3.8) is 0 Å². The lowest BCUT2D eigenvalue weighted by Gasteiger charge is -1.82. The molecule has 0 aromatic heterocycles. The summed E-state index contributed by atoms with van der Waals surface area (Å²) >= 11 is 0. The lowest BCUT2D eigenvalue weighted by atomic mass is 10.3. The zero-order chi connectivity index (χ0) is 11.4. The molecule has 0 unspecified atom stereocenters. The van der Waals surface area contributed by atoms with Gasteiger partial charge in [-0.15, -0.1) is 0 Å². The summed E-state index contributed by atoms with van der Waals surface area (Å²) in [6.45, 7) is 0. The Labute approximate surface area is 90.5 Å². The Hall–Kier alpha value is -1.80. The molecule has 0 saturated heterocycles. The lowest BCUT2D eigenvalue weighted by molar-refractivity contribution is 0.399. The summed E-state index contributed by atoms with van der Waals surface area (Å²) in [5.41, 5.74) is 0. The van der Waals surface area contributed by atoms with Crippen LogP contribution in [0.5, 0.6) is 5.75 Å². The molecular formula is C13H16O2. The van der Waals surface area contributed by atoms with E-state index in [1.165, 1.54) is 0 Å². The Morgan fingerprint density at radius 2 is 0.867 bits per heavy atom. The molecule has 0 aliphatic rings. The van der Waals surface area contributed by atoms with Crippen LogP contribution in [-0.4, -0.2) is 17.3 Å². The van der Waals surface area contributed by atoms with Gasteiger partial charge in [0.2, 0.25) is 0 Å². The second-order valence-electron chi connectivity index (χ2n) is 2.49. The van der Waals surface area contributed by atoms with Crippen LogP contribution in [0.1, 0.15) is 0 Å². The van der Waals surface area contributed by atoms with Gasteiger partial charge >= 0.3 is 0 Å². The average Bonchev–Trinajstić information content (AvgIpc) is 2.36. The minimum atomic E-state index is 0.322. The van der Waals surface area contributed by atoms with Crippen molar-refractivity contribution in [3.8, 4) is 5.75 Å². The van der Waals surface area contributed by atoms with E-state index >= 15 is 0 Å². The summed E-state index contributed by atoms with van der Waals surface area (Å²) < 4.78 is 0. The van der Waals surface area contributed by atoms with Gasteiger partial charge in [0, 0.05) is 7.11 Å². The van der Waals surface area contributed by atoms with Gasteiger partial charge < -0.3 is 10.2 Å². The predicted octanol–water partition coefficient (Wildman–Crippen LogP) is 2.69. The summed E-state index contributed by atoms with van der Waals surface area (Å²) in [7, 11) is 1.00. The Bertz CT molecular complexity index is 279. The first-order valence-corrected chi connectivity index (χ1v) is 4.58. The standard InChI is InChI=1S/C6H6O.C6H6.CH4O/c7-6-4-2-1-3-5-6;1-2-4-6-5-3-1;1-2/h1-5,7H;1-6H;2H,1H3. The van der Waals surface area contributed by atoms with Crippen LogP contribution in [-0.2, 0) is 0 Å². The molecule has 2 N–H and O–H groups in total. The lowest BCUT2D eigenvalue weighted by Crippen LogP contribution is -1.56. The van der Waals surface area contributed by atoms with Crippen LogP contribution in [0.15, 0.2) is 66.7 Å². The second-order valence-corrected chi connectivity index (χ2v) is 2.49. The largest absolute Gasteiger partial charge is 0.508 e. The molecule has 15 heavy (non-hydrogen) atoms. The van der Waals surface area contributed by atoms with E-state index in [0.717, 1.165) is 7.11 Å². The van der Waals surface area contributed by atoms with Gasteiger partial charge in [-0.1, -0.05) is 54.6 Å². The van der Waals surface area contributed by atoms with Crippen molar-refractivity contribution in [3.05, 3.63) is 66.7 Å². The van der Waals surface area contributed by atoms with E-state index in [0.29, 0.717) is 5.75 Å². The number of aromatic hydroxyl groups is 1. The molecule has 2 aromatic rings. The van der Waals surface area contributed by atoms with Crippen LogP contribution >= 0.6 is 0 Å². The summed E-state index contributed by atoms with van der Waals surface area (Å²) in [6, 6.07) is 20.7. The number of phenols is 1. The third-order valence-electron chi connectivity index (χ3n) is 1.42. The van der Waals surface area contributed by atoms with Gasteiger partial charge in [0.15, 0.2) is 0 Å². The maximum Gasteiger partial charge on any atom is 0.115 e. The first-order chi connectivity index (χ1) is 7.39. The third kappa shape index (κ3) is 8.53. The molecule has 2 heteroatoms. The zero-order valence-electron chi connectivity index (χ0n) is 8.75. The highest BCUT2D eigenvalue weighted by Crippen LogP contribution is 2.02. The molecule has 0 radical (unpaired) electrons. The number of aliphatic hydroxyl groups excluding tert-OH is 1. The Kier molecular flexibility index (Phi) is 9.05. The van der Waals surface area contributed by atoms with Gasteiger partial charge in [-0.05, 0) is 12.1 Å². The monoisotopic (exact) mass is 204 g/mol. The number of aliphatic hydroxyl groups is 1. The maximum atomic E-state index is 8.63. The molecule has 0 aliphatic heterocycles. The van der Waals surface area contributed by atoms with E-state index in [-0.39, 0.29) is 0 Å². The number of rotatable bonds is 0. The molecule has 0 heterocycles. The molecule has 2 nitrogen and oxygen atoms in total. The first-order valence-electron chi connectivity index (χ1n) is 4.58. The Morgan fingerprint density at radius 1 is 0.600 bits per heavy atom. The van der Waals surface area contributed by atoms with Crippen LogP contribution in [0.3, 0.4) is 0 Å². The van der Waals surface area contributed by atoms with Crippen molar-refractivity contribution >= 4 is 0 Å². The molecule has 80 valence electrons. The molecule has 2 aromatic carbocycles. The number of benzene rings is 2. The second kappa shape index (κ2) is 10.3. The van der Waals surface area contributed by atoms with Gasteiger partial charge in [0.1, 0.15) is 5.75 Å². The van der Waals surface area contributed by atoms with E-state index < -0.39 is 0 Å². The molecular weight excluding hydrogens is 188 g/mol. The van der Waals surface area contributed by atoms with Crippen molar-refractivity contribution in [1.82, 2.24) is 0 Å². The van der Waals surface area contributed by atoms with Gasteiger partial charge in [-0.25, -0.2) is 0 Å². The summed E-state index contributed by atoms with van der Waals surface area (Å²) in [4.78, 5) is 0. The highest BCUT2D eigenvalue weighted by Gasteiger charge is 1.74. The third-order valence-corrected chi connectivity index (χ3v) is 1.42. The van der Waals surface area contributed by atoms with E-state index in [1.807, 2.05) is 42.5 Å². The van der Waals surface area contributed by atoms with Crippen molar-refractivity contribution in [2.75, 3.05) is 7.11 Å². The quantitative estimate of drug-likeness (QED) is 0.692. The number of para-hydroxylation sites is 1. The minimum Gasteiger partial charge on any atom is -0.508 e. The Morgan fingerprint density at radius 3 is 1.07 bits per heavy atom. The predicted molar refractivity (Wildman–Crippen MR) is 62.7 cm³/mol. The van der Waals surface area contributed by atoms with Gasteiger partial charge in [-0.2, -0.15) is 0 Å². The fraction of sp³-hybridized carbons (Fsp3) is 0.0769. The molecule has 0 aliphatic carbocycles. The molecule has 0 fully saturated rings. The molecule has 0 bridgehead atoms.